The van der Waals surface area contributed by atoms with Crippen molar-refractivity contribution in [1.82, 2.24) is 14.1 Å². The highest BCUT2D eigenvalue weighted by atomic mass is 32.2. The second-order valence-electron chi connectivity index (χ2n) is 8.13. The van der Waals surface area contributed by atoms with Gasteiger partial charge in [-0.25, -0.2) is 8.42 Å². The molecule has 0 spiro atoms. The van der Waals surface area contributed by atoms with E-state index in [1.165, 1.54) is 9.21 Å². The maximum absolute atomic E-state index is 13.4. The largest absolute Gasteiger partial charge is 0.339 e. The van der Waals surface area contributed by atoms with Crippen LogP contribution in [0.2, 0.25) is 0 Å². The van der Waals surface area contributed by atoms with Gasteiger partial charge in [-0.15, -0.1) is 0 Å². The van der Waals surface area contributed by atoms with Gasteiger partial charge in [0, 0.05) is 37.3 Å². The summed E-state index contributed by atoms with van der Waals surface area (Å²) in [5, 5.41) is 0. The lowest BCUT2D eigenvalue weighted by atomic mass is 10.0. The number of nitrogens with zero attached hydrogens (tertiary/aromatic N) is 4. The minimum Gasteiger partial charge on any atom is -0.339 e. The number of hydrogen-bond acceptors (Lipinski definition) is 5. The van der Waals surface area contributed by atoms with E-state index < -0.39 is 16.2 Å². The van der Waals surface area contributed by atoms with Gasteiger partial charge < -0.3 is 9.80 Å². The number of fused-ring (bicyclic) bond motifs is 5. The molecule has 3 amide bonds. The van der Waals surface area contributed by atoms with Gasteiger partial charge in [0.2, 0.25) is 15.9 Å². The quantitative estimate of drug-likeness (QED) is 0.687. The van der Waals surface area contributed by atoms with Crippen molar-refractivity contribution in [3.8, 4) is 0 Å². The molecule has 3 aliphatic heterocycles. The van der Waals surface area contributed by atoms with E-state index in [4.69, 9.17) is 0 Å². The van der Waals surface area contributed by atoms with E-state index >= 15 is 0 Å². The van der Waals surface area contributed by atoms with Gasteiger partial charge in [0.05, 0.1) is 17.5 Å². The molecule has 0 aromatic heterocycles. The van der Waals surface area contributed by atoms with Crippen molar-refractivity contribution in [1.29, 1.82) is 0 Å². The summed E-state index contributed by atoms with van der Waals surface area (Å²) < 4.78 is 24.8. The van der Waals surface area contributed by atoms with Crippen LogP contribution in [0.1, 0.15) is 32.4 Å². The smallest absolute Gasteiger partial charge is 0.260 e. The van der Waals surface area contributed by atoms with E-state index in [2.05, 4.69) is 0 Å². The normalized spacial score (nSPS) is 20.8. The predicted molar refractivity (Wildman–Crippen MR) is 116 cm³/mol. The topological polar surface area (TPSA) is 98.3 Å². The van der Waals surface area contributed by atoms with Crippen molar-refractivity contribution in [3.05, 3.63) is 65.2 Å². The van der Waals surface area contributed by atoms with Gasteiger partial charge in [0.25, 0.3) is 11.8 Å². The van der Waals surface area contributed by atoms with E-state index in [1.54, 1.807) is 46.2 Å². The number of benzene rings is 2. The predicted octanol–water partition coefficient (Wildman–Crippen LogP) is 0.905. The molecule has 3 aliphatic rings. The van der Waals surface area contributed by atoms with Crippen molar-refractivity contribution in [3.63, 3.8) is 0 Å². The average Bonchev–Trinajstić information content (AvgIpc) is 3.09. The molecule has 3 heterocycles. The second-order valence-corrected chi connectivity index (χ2v) is 10.1. The fraction of sp³-hybridized carbons (Fsp3) is 0.318. The van der Waals surface area contributed by atoms with E-state index in [0.29, 0.717) is 22.4 Å². The minimum absolute atomic E-state index is 0.200. The van der Waals surface area contributed by atoms with Gasteiger partial charge in [-0.05, 0) is 18.2 Å². The molecule has 0 radical (unpaired) electrons. The van der Waals surface area contributed by atoms with Crippen LogP contribution in [-0.4, -0.2) is 79.2 Å². The van der Waals surface area contributed by atoms with E-state index in [9.17, 15) is 22.8 Å². The van der Waals surface area contributed by atoms with Crippen LogP contribution in [0.15, 0.2) is 48.5 Å². The highest BCUT2D eigenvalue weighted by Gasteiger charge is 2.48. The van der Waals surface area contributed by atoms with Crippen molar-refractivity contribution in [2.75, 3.05) is 43.9 Å². The number of hydrogen-bond donors (Lipinski definition) is 0. The number of anilines is 1. The summed E-state index contributed by atoms with van der Waals surface area (Å²) in [6, 6.07) is 14.0. The highest BCUT2D eigenvalue weighted by molar-refractivity contribution is 7.88. The molecule has 0 bridgehead atoms. The third-order valence-corrected chi connectivity index (χ3v) is 7.55. The van der Waals surface area contributed by atoms with Gasteiger partial charge in [-0.2, -0.15) is 4.31 Å². The maximum atomic E-state index is 13.4. The molecule has 0 aliphatic carbocycles. The summed E-state index contributed by atoms with van der Waals surface area (Å²) in [7, 11) is -3.31. The van der Waals surface area contributed by atoms with E-state index in [0.717, 1.165) is 6.26 Å². The Hall–Kier alpha value is -3.24. The van der Waals surface area contributed by atoms with Crippen molar-refractivity contribution in [2.24, 2.45) is 0 Å². The van der Waals surface area contributed by atoms with Crippen LogP contribution < -0.4 is 4.90 Å². The maximum Gasteiger partial charge on any atom is 0.260 e. The lowest BCUT2D eigenvalue weighted by Crippen LogP contribution is -2.55. The van der Waals surface area contributed by atoms with Crippen LogP contribution in [0.25, 0.3) is 0 Å². The van der Waals surface area contributed by atoms with Crippen LogP contribution in [-0.2, 0) is 14.8 Å². The summed E-state index contributed by atoms with van der Waals surface area (Å²) in [6.45, 7) is 0.758. The molecule has 9 nitrogen and oxygen atoms in total. The first-order valence-electron chi connectivity index (χ1n) is 10.3. The molecule has 1 saturated heterocycles. The van der Waals surface area contributed by atoms with Crippen LogP contribution in [0.3, 0.4) is 0 Å². The summed E-state index contributed by atoms with van der Waals surface area (Å²) in [6.07, 6.45) is 0.458. The molecule has 2 aromatic carbocycles. The Morgan fingerprint density at radius 1 is 0.906 bits per heavy atom. The zero-order valence-electron chi connectivity index (χ0n) is 17.5. The van der Waals surface area contributed by atoms with Crippen LogP contribution >= 0.6 is 0 Å². The summed E-state index contributed by atoms with van der Waals surface area (Å²) >= 11 is 0. The second kappa shape index (κ2) is 7.42. The van der Waals surface area contributed by atoms with Gasteiger partial charge in [0.1, 0.15) is 12.7 Å². The fourth-order valence-electron chi connectivity index (χ4n) is 4.65. The van der Waals surface area contributed by atoms with Crippen LogP contribution in [0.5, 0.6) is 0 Å². The number of carbonyl (C=O) groups excluding carboxylic acids is 3. The molecule has 1 unspecified atom stereocenters. The first kappa shape index (κ1) is 20.7. The number of para-hydroxylation sites is 1. The molecule has 1 fully saturated rings. The van der Waals surface area contributed by atoms with Gasteiger partial charge in [0.15, 0.2) is 0 Å². The van der Waals surface area contributed by atoms with Gasteiger partial charge in [-0.1, -0.05) is 30.3 Å². The summed E-state index contributed by atoms with van der Waals surface area (Å²) in [5.41, 5.74) is 2.12. The standard InChI is InChI=1S/C22H22N4O5S/c1-32(30,31)24-12-10-23(11-13-24)19(27)14-25-20-15-6-2-3-7-16(15)22(29)26(20)18-9-5-4-8-17(18)21(25)28/h2-9,20H,10-14H2,1H3. The molecule has 0 saturated carbocycles. The Morgan fingerprint density at radius 2 is 1.53 bits per heavy atom. The zero-order valence-corrected chi connectivity index (χ0v) is 18.3. The van der Waals surface area contributed by atoms with Crippen molar-refractivity contribution < 1.29 is 22.8 Å². The monoisotopic (exact) mass is 454 g/mol. The number of rotatable bonds is 3. The molecular formula is C22H22N4O5S. The number of carbonyl (C=O) groups is 3. The Labute approximate surface area is 185 Å². The molecule has 5 rings (SSSR count). The molecule has 166 valence electrons. The fourth-order valence-corrected chi connectivity index (χ4v) is 5.48. The first-order chi connectivity index (χ1) is 15.3. The Kier molecular flexibility index (Phi) is 4.79. The number of amides is 3. The van der Waals surface area contributed by atoms with E-state index in [-0.39, 0.29) is 50.4 Å². The third kappa shape index (κ3) is 3.18. The zero-order chi connectivity index (χ0) is 22.6. The molecule has 10 heteroatoms. The summed E-state index contributed by atoms with van der Waals surface area (Å²) in [4.78, 5) is 44.3. The molecule has 2 aromatic rings. The average molecular weight is 455 g/mol. The highest BCUT2D eigenvalue weighted by Crippen LogP contribution is 2.45. The van der Waals surface area contributed by atoms with Gasteiger partial charge >= 0.3 is 0 Å². The first-order valence-corrected chi connectivity index (χ1v) is 12.2. The molecule has 32 heavy (non-hydrogen) atoms. The van der Waals surface area contributed by atoms with Crippen LogP contribution in [0.4, 0.5) is 5.69 Å². The lowest BCUT2D eigenvalue weighted by Gasteiger charge is -2.41. The number of piperazine rings is 1. The SMILES string of the molecule is CS(=O)(=O)N1CCN(C(=O)CN2C(=O)c3ccccc3N3C(=O)c4ccccc4C23)CC1. The third-order valence-electron chi connectivity index (χ3n) is 6.25. The molecular weight excluding hydrogens is 432 g/mol. The van der Waals surface area contributed by atoms with E-state index in [1.807, 2.05) is 12.1 Å². The Morgan fingerprint density at radius 3 is 2.22 bits per heavy atom. The minimum atomic E-state index is -3.31. The lowest BCUT2D eigenvalue weighted by molar-refractivity contribution is -0.133. The van der Waals surface area contributed by atoms with Crippen molar-refractivity contribution >= 4 is 33.4 Å². The van der Waals surface area contributed by atoms with Crippen molar-refractivity contribution in [2.45, 2.75) is 6.17 Å². The van der Waals surface area contributed by atoms with Gasteiger partial charge in [-0.3, -0.25) is 19.3 Å². The molecule has 0 N–H and O–H groups in total. The Balaban J connectivity index is 1.46. The molecule has 1 atom stereocenters. The van der Waals surface area contributed by atoms with Crippen LogP contribution in [0, 0.1) is 0 Å². The summed E-state index contributed by atoms with van der Waals surface area (Å²) in [5.74, 6) is -0.790. The number of sulfonamides is 1. The Bertz CT molecular complexity index is 1240.